The number of carboxylic acids is 2. The highest BCUT2D eigenvalue weighted by atomic mass is 16.7. The van der Waals surface area contributed by atoms with Crippen LogP contribution in [0.5, 0.6) is 0 Å². The normalized spacial score (nSPS) is 45.4. The molecule has 13 heteroatoms. The fourth-order valence-corrected chi connectivity index (χ4v) is 2.88. The molecule has 2 saturated heterocycles. The van der Waals surface area contributed by atoms with E-state index in [2.05, 4.69) is 4.74 Å². The number of aliphatic hydroxyl groups excluding tert-OH is 5. The molecule has 2 heterocycles. The zero-order chi connectivity index (χ0) is 20.5. The van der Waals surface area contributed by atoms with Crippen LogP contribution in [0.4, 0.5) is 0 Å². The standard InChI is InChI=1S/C14H22O13/c1-2-24-7-4(16)6(18)14(27-9(7)11(19)20)26-8-3(15)5(17)13(23)25-10(8)12(21)22/h3-10,13-18,23H,2H2,1H3,(H,19,20)(H,21,22)/t3-,4-,5?,6?,7-,8-,9?,10?,13-,14-/m1/s1. The summed E-state index contributed by atoms with van der Waals surface area (Å²) in [5.41, 5.74) is 0. The first kappa shape index (κ1) is 21.9. The number of aliphatic carboxylic acids is 2. The van der Waals surface area contributed by atoms with Crippen molar-refractivity contribution in [3.63, 3.8) is 0 Å². The molecule has 13 nitrogen and oxygen atoms in total. The minimum Gasteiger partial charge on any atom is -0.479 e. The van der Waals surface area contributed by atoms with Crippen LogP contribution in [0.1, 0.15) is 6.92 Å². The van der Waals surface area contributed by atoms with Gasteiger partial charge in [0.1, 0.15) is 36.6 Å². The summed E-state index contributed by atoms with van der Waals surface area (Å²) in [5, 5.41) is 67.7. The molecule has 0 aromatic heterocycles. The lowest BCUT2D eigenvalue weighted by Crippen LogP contribution is -2.65. The maximum atomic E-state index is 11.4. The molecule has 2 rings (SSSR count). The molecule has 4 unspecified atom stereocenters. The highest BCUT2D eigenvalue weighted by Gasteiger charge is 2.53. The van der Waals surface area contributed by atoms with Crippen LogP contribution in [0.3, 0.4) is 0 Å². The third-order valence-electron chi connectivity index (χ3n) is 4.24. The fraction of sp³-hybridized carbons (Fsp3) is 0.857. The van der Waals surface area contributed by atoms with Crippen molar-refractivity contribution in [2.45, 2.75) is 68.3 Å². The molecule has 156 valence electrons. The van der Waals surface area contributed by atoms with Gasteiger partial charge in [-0.05, 0) is 6.92 Å². The fourth-order valence-electron chi connectivity index (χ4n) is 2.88. The molecule has 0 aromatic carbocycles. The van der Waals surface area contributed by atoms with Gasteiger partial charge in [0.05, 0.1) is 0 Å². The van der Waals surface area contributed by atoms with Crippen molar-refractivity contribution in [2.24, 2.45) is 0 Å². The molecule has 2 aliphatic heterocycles. The third kappa shape index (κ3) is 4.37. The Balaban J connectivity index is 2.23. The highest BCUT2D eigenvalue weighted by molar-refractivity contribution is 5.74. The largest absolute Gasteiger partial charge is 0.479 e. The summed E-state index contributed by atoms with van der Waals surface area (Å²) in [5.74, 6) is -3.21. The van der Waals surface area contributed by atoms with E-state index >= 15 is 0 Å². The summed E-state index contributed by atoms with van der Waals surface area (Å²) in [6.45, 7) is 1.54. The summed E-state index contributed by atoms with van der Waals surface area (Å²) in [4.78, 5) is 22.7. The molecule has 0 spiro atoms. The molecule has 2 aliphatic rings. The number of aliphatic hydroxyl groups is 5. The molecule has 0 amide bonds. The van der Waals surface area contributed by atoms with Crippen LogP contribution in [0.15, 0.2) is 0 Å². The van der Waals surface area contributed by atoms with Gasteiger partial charge in [-0.1, -0.05) is 0 Å². The number of ether oxygens (including phenoxy) is 4. The molecular formula is C14H22O13. The second kappa shape index (κ2) is 8.72. The van der Waals surface area contributed by atoms with Gasteiger partial charge in [-0.2, -0.15) is 0 Å². The van der Waals surface area contributed by atoms with Gasteiger partial charge in [-0.15, -0.1) is 0 Å². The van der Waals surface area contributed by atoms with Crippen molar-refractivity contribution in [1.29, 1.82) is 0 Å². The minimum absolute atomic E-state index is 0.00740. The predicted molar refractivity (Wildman–Crippen MR) is 79.1 cm³/mol. The number of hydrogen-bond acceptors (Lipinski definition) is 11. The van der Waals surface area contributed by atoms with Crippen molar-refractivity contribution in [3.8, 4) is 0 Å². The summed E-state index contributed by atoms with van der Waals surface area (Å²) < 4.78 is 20.0. The summed E-state index contributed by atoms with van der Waals surface area (Å²) in [7, 11) is 0. The maximum Gasteiger partial charge on any atom is 0.335 e. The van der Waals surface area contributed by atoms with Crippen molar-refractivity contribution in [3.05, 3.63) is 0 Å². The van der Waals surface area contributed by atoms with Crippen molar-refractivity contribution >= 4 is 11.9 Å². The smallest absolute Gasteiger partial charge is 0.335 e. The Bertz CT molecular complexity index is 541. The van der Waals surface area contributed by atoms with E-state index < -0.39 is 73.4 Å². The summed E-state index contributed by atoms with van der Waals surface area (Å²) >= 11 is 0. The minimum atomic E-state index is -2.02. The van der Waals surface area contributed by atoms with Crippen molar-refractivity contribution in [1.82, 2.24) is 0 Å². The number of hydrogen-bond donors (Lipinski definition) is 7. The molecule has 0 aliphatic carbocycles. The average Bonchev–Trinajstić information content (AvgIpc) is 2.60. The number of rotatable bonds is 6. The lowest BCUT2D eigenvalue weighted by molar-refractivity contribution is -0.348. The summed E-state index contributed by atoms with van der Waals surface area (Å²) in [6.07, 6.45) is -18.5. The van der Waals surface area contributed by atoms with Gasteiger partial charge in [-0.25, -0.2) is 9.59 Å². The van der Waals surface area contributed by atoms with Gasteiger partial charge in [0, 0.05) is 6.61 Å². The van der Waals surface area contributed by atoms with Crippen molar-refractivity contribution in [2.75, 3.05) is 6.61 Å². The topological polar surface area (TPSA) is 213 Å². The van der Waals surface area contributed by atoms with Crippen LogP contribution < -0.4 is 0 Å². The van der Waals surface area contributed by atoms with E-state index in [1.807, 2.05) is 0 Å². The second-order valence-electron chi connectivity index (χ2n) is 6.03. The molecule has 10 atom stereocenters. The maximum absolute atomic E-state index is 11.4. The Morgan fingerprint density at radius 3 is 1.85 bits per heavy atom. The molecule has 0 saturated carbocycles. The first-order valence-corrected chi connectivity index (χ1v) is 8.04. The molecule has 27 heavy (non-hydrogen) atoms. The lowest BCUT2D eigenvalue weighted by atomic mass is 9.96. The molecule has 0 radical (unpaired) electrons. The first-order chi connectivity index (χ1) is 12.6. The van der Waals surface area contributed by atoms with E-state index in [0.29, 0.717) is 0 Å². The quantitative estimate of drug-likeness (QED) is 0.226. The Morgan fingerprint density at radius 2 is 1.33 bits per heavy atom. The Hall–Kier alpha value is -1.42. The summed E-state index contributed by atoms with van der Waals surface area (Å²) in [6, 6.07) is 0. The predicted octanol–water partition coefficient (Wildman–Crippen LogP) is -4.17. The van der Waals surface area contributed by atoms with Gasteiger partial charge in [0.15, 0.2) is 24.8 Å². The van der Waals surface area contributed by atoms with E-state index in [4.69, 9.17) is 19.3 Å². The SMILES string of the molecule is CCO[C@H]1C(C(=O)O)O[C@@H](O[C@H]2C(C(=O)O)O[C@@H](O)C(O)[C@H]2O)C(O)[C@H]1O. The van der Waals surface area contributed by atoms with E-state index in [9.17, 15) is 40.2 Å². The monoisotopic (exact) mass is 398 g/mol. The van der Waals surface area contributed by atoms with E-state index in [0.717, 1.165) is 0 Å². The first-order valence-electron chi connectivity index (χ1n) is 8.04. The Labute approximate surface area is 152 Å². The van der Waals surface area contributed by atoms with Gasteiger partial charge in [-0.3, -0.25) is 0 Å². The van der Waals surface area contributed by atoms with Crippen LogP contribution in [0.25, 0.3) is 0 Å². The zero-order valence-electron chi connectivity index (χ0n) is 14.1. The number of carbonyl (C=O) groups is 2. The molecule has 7 N–H and O–H groups in total. The molecule has 0 aromatic rings. The van der Waals surface area contributed by atoms with Crippen LogP contribution in [0.2, 0.25) is 0 Å². The van der Waals surface area contributed by atoms with Gasteiger partial charge < -0.3 is 54.7 Å². The van der Waals surface area contributed by atoms with Crippen LogP contribution in [0, 0.1) is 0 Å². The Kier molecular flexibility index (Phi) is 7.07. The molecule has 0 bridgehead atoms. The molecule has 2 fully saturated rings. The second-order valence-corrected chi connectivity index (χ2v) is 6.03. The Morgan fingerprint density at radius 1 is 0.815 bits per heavy atom. The van der Waals surface area contributed by atoms with Gasteiger partial charge in [0.25, 0.3) is 0 Å². The number of carboxylic acid groups (broad SMARTS) is 2. The lowest BCUT2D eigenvalue weighted by Gasteiger charge is -2.44. The van der Waals surface area contributed by atoms with Gasteiger partial charge >= 0.3 is 11.9 Å². The van der Waals surface area contributed by atoms with Crippen molar-refractivity contribution < 1.29 is 64.3 Å². The van der Waals surface area contributed by atoms with Crippen LogP contribution in [-0.2, 0) is 28.5 Å². The molecular weight excluding hydrogens is 376 g/mol. The van der Waals surface area contributed by atoms with Gasteiger partial charge in [0.2, 0.25) is 0 Å². The van der Waals surface area contributed by atoms with E-state index in [1.54, 1.807) is 0 Å². The van der Waals surface area contributed by atoms with Crippen LogP contribution >= 0.6 is 0 Å². The average molecular weight is 398 g/mol. The highest BCUT2D eigenvalue weighted by Crippen LogP contribution is 2.29. The van der Waals surface area contributed by atoms with E-state index in [1.165, 1.54) is 6.92 Å². The van der Waals surface area contributed by atoms with E-state index in [-0.39, 0.29) is 6.61 Å². The zero-order valence-corrected chi connectivity index (χ0v) is 14.1. The van der Waals surface area contributed by atoms with Crippen LogP contribution in [-0.4, -0.2) is 116 Å². The third-order valence-corrected chi connectivity index (χ3v) is 4.24.